The van der Waals surface area contributed by atoms with Gasteiger partial charge in [-0.1, -0.05) is 6.07 Å². The maximum atomic E-state index is 12.4. The molecule has 0 radical (unpaired) electrons. The van der Waals surface area contributed by atoms with Gasteiger partial charge in [-0.05, 0) is 47.7 Å². The second-order valence-electron chi connectivity index (χ2n) is 6.11. The lowest BCUT2D eigenvalue weighted by atomic mass is 9.94. The number of hydrogen-bond donors (Lipinski definition) is 1. The van der Waals surface area contributed by atoms with E-state index in [9.17, 15) is 9.59 Å². The zero-order valence-corrected chi connectivity index (χ0v) is 15.0. The van der Waals surface area contributed by atoms with Crippen molar-refractivity contribution in [2.75, 3.05) is 21.3 Å². The van der Waals surface area contributed by atoms with Crippen LogP contribution >= 0.6 is 0 Å². The smallest absolute Gasteiger partial charge is 0.220 e. The van der Waals surface area contributed by atoms with E-state index in [1.807, 2.05) is 6.07 Å². The molecule has 2 aromatic rings. The number of aldehydes is 1. The molecule has 2 N–H and O–H groups in total. The third-order valence-electron chi connectivity index (χ3n) is 4.74. The highest BCUT2D eigenvalue weighted by atomic mass is 16.5. The number of hydrogen-bond acceptors (Lipinski definition) is 6. The quantitative estimate of drug-likeness (QED) is 0.848. The van der Waals surface area contributed by atoms with Crippen LogP contribution in [0.15, 0.2) is 29.1 Å². The third kappa shape index (κ3) is 2.82. The van der Waals surface area contributed by atoms with Gasteiger partial charge >= 0.3 is 0 Å². The van der Waals surface area contributed by atoms with Crippen LogP contribution in [0, 0.1) is 0 Å². The summed E-state index contributed by atoms with van der Waals surface area (Å²) in [5.74, 6) is 1.06. The van der Waals surface area contributed by atoms with Gasteiger partial charge in [0.25, 0.3) is 0 Å². The van der Waals surface area contributed by atoms with Crippen LogP contribution in [0.3, 0.4) is 0 Å². The largest absolute Gasteiger partial charge is 0.493 e. The standard InChI is InChI=1S/C20H21NO5/c1-24-17-7-5-13-14(9-16(17)23)15(21)6-4-11-8-12(10-22)19(25-2)20(26-3)18(11)13/h5,7-10,15H,4,6,21H2,1-3H3/t15-/m0/s1. The molecule has 0 saturated carbocycles. The second-order valence-corrected chi connectivity index (χ2v) is 6.11. The lowest BCUT2D eigenvalue weighted by molar-refractivity contribution is 0.112. The molecule has 0 heterocycles. The maximum Gasteiger partial charge on any atom is 0.220 e. The number of aryl methyl sites for hydroxylation is 1. The zero-order valence-electron chi connectivity index (χ0n) is 15.0. The topological polar surface area (TPSA) is 87.9 Å². The van der Waals surface area contributed by atoms with E-state index in [0.717, 1.165) is 28.5 Å². The van der Waals surface area contributed by atoms with E-state index in [0.29, 0.717) is 29.9 Å². The van der Waals surface area contributed by atoms with Crippen LogP contribution in [-0.4, -0.2) is 27.6 Å². The van der Waals surface area contributed by atoms with Crippen LogP contribution in [0.5, 0.6) is 17.2 Å². The molecule has 0 amide bonds. The lowest BCUT2D eigenvalue weighted by Gasteiger charge is -2.18. The first-order valence-electron chi connectivity index (χ1n) is 8.26. The van der Waals surface area contributed by atoms with E-state index in [-0.39, 0.29) is 17.2 Å². The summed E-state index contributed by atoms with van der Waals surface area (Å²) < 4.78 is 16.2. The summed E-state index contributed by atoms with van der Waals surface area (Å²) in [7, 11) is 4.47. The van der Waals surface area contributed by atoms with Gasteiger partial charge in [-0.3, -0.25) is 9.59 Å². The normalized spacial score (nSPS) is 15.3. The number of ether oxygens (including phenoxy) is 3. The Balaban J connectivity index is 2.45. The zero-order chi connectivity index (χ0) is 18.8. The fraction of sp³-hybridized carbons (Fsp3) is 0.300. The molecule has 1 aliphatic rings. The molecule has 1 aliphatic carbocycles. The van der Waals surface area contributed by atoms with Crippen LogP contribution < -0.4 is 25.4 Å². The first kappa shape index (κ1) is 17.9. The molecule has 2 aromatic carbocycles. The molecule has 0 aromatic heterocycles. The summed E-state index contributed by atoms with van der Waals surface area (Å²) in [4.78, 5) is 23.9. The van der Waals surface area contributed by atoms with Crippen molar-refractivity contribution in [1.82, 2.24) is 0 Å². The number of carbonyl (C=O) groups excluding carboxylic acids is 1. The van der Waals surface area contributed by atoms with Gasteiger partial charge in [0.05, 0.1) is 26.9 Å². The second kappa shape index (κ2) is 7.17. The van der Waals surface area contributed by atoms with Crippen molar-refractivity contribution >= 4 is 6.29 Å². The first-order chi connectivity index (χ1) is 12.5. The SMILES string of the molecule is COc1c(C=O)cc2c(c1OC)-c1ccc(OC)c(=O)cc1[C@@H](N)CC2. The Morgan fingerprint density at radius 2 is 1.81 bits per heavy atom. The van der Waals surface area contributed by atoms with Gasteiger partial charge in [-0.25, -0.2) is 0 Å². The Morgan fingerprint density at radius 1 is 1.08 bits per heavy atom. The molecule has 0 aliphatic heterocycles. The molecule has 6 nitrogen and oxygen atoms in total. The van der Waals surface area contributed by atoms with Crippen LogP contribution in [0.4, 0.5) is 0 Å². The molecule has 0 fully saturated rings. The molecule has 0 bridgehead atoms. The van der Waals surface area contributed by atoms with Crippen molar-refractivity contribution < 1.29 is 19.0 Å². The van der Waals surface area contributed by atoms with Gasteiger partial charge in [0.15, 0.2) is 23.5 Å². The molecular formula is C20H21NO5. The third-order valence-corrected chi connectivity index (χ3v) is 4.74. The van der Waals surface area contributed by atoms with E-state index >= 15 is 0 Å². The van der Waals surface area contributed by atoms with Crippen molar-refractivity contribution in [3.63, 3.8) is 0 Å². The molecule has 0 saturated heterocycles. The number of nitrogens with two attached hydrogens (primary N) is 1. The summed E-state index contributed by atoms with van der Waals surface area (Å²) in [5, 5.41) is 0. The monoisotopic (exact) mass is 355 g/mol. The van der Waals surface area contributed by atoms with Crippen LogP contribution in [-0.2, 0) is 6.42 Å². The number of methoxy groups -OCH3 is 3. The van der Waals surface area contributed by atoms with E-state index < -0.39 is 0 Å². The number of carbonyl (C=O) groups is 1. The molecule has 0 unspecified atom stereocenters. The number of benzene rings is 1. The molecule has 26 heavy (non-hydrogen) atoms. The predicted octanol–water partition coefficient (Wildman–Crippen LogP) is 2.50. The molecular weight excluding hydrogens is 334 g/mol. The highest BCUT2D eigenvalue weighted by Crippen LogP contribution is 2.46. The highest BCUT2D eigenvalue weighted by molar-refractivity contribution is 5.89. The van der Waals surface area contributed by atoms with E-state index in [1.165, 1.54) is 27.4 Å². The highest BCUT2D eigenvalue weighted by Gasteiger charge is 2.27. The van der Waals surface area contributed by atoms with E-state index in [1.54, 1.807) is 12.1 Å². The number of rotatable bonds is 4. The van der Waals surface area contributed by atoms with Crippen LogP contribution in [0.1, 0.15) is 33.9 Å². The summed E-state index contributed by atoms with van der Waals surface area (Å²) in [5.41, 5.74) is 9.75. The minimum absolute atomic E-state index is 0.233. The minimum Gasteiger partial charge on any atom is -0.493 e. The average Bonchev–Trinajstić information content (AvgIpc) is 2.89. The predicted molar refractivity (Wildman–Crippen MR) is 98.4 cm³/mol. The molecule has 136 valence electrons. The molecule has 1 atom stereocenters. The molecule has 3 rings (SSSR count). The molecule has 6 heteroatoms. The Morgan fingerprint density at radius 3 is 2.42 bits per heavy atom. The van der Waals surface area contributed by atoms with Crippen LogP contribution in [0.2, 0.25) is 0 Å². The summed E-state index contributed by atoms with van der Waals surface area (Å²) in [6.07, 6.45) is 2.04. The first-order valence-corrected chi connectivity index (χ1v) is 8.26. The summed E-state index contributed by atoms with van der Waals surface area (Å²) in [6.45, 7) is 0. The average molecular weight is 355 g/mol. The van der Waals surface area contributed by atoms with Gasteiger partial charge in [-0.2, -0.15) is 0 Å². The summed E-state index contributed by atoms with van der Waals surface area (Å²) >= 11 is 0. The van der Waals surface area contributed by atoms with Gasteiger partial charge in [-0.15, -0.1) is 0 Å². The van der Waals surface area contributed by atoms with Crippen molar-refractivity contribution in [1.29, 1.82) is 0 Å². The summed E-state index contributed by atoms with van der Waals surface area (Å²) in [6, 6.07) is 6.43. The van der Waals surface area contributed by atoms with Crippen molar-refractivity contribution in [3.05, 3.63) is 51.2 Å². The van der Waals surface area contributed by atoms with Gasteiger partial charge in [0.2, 0.25) is 5.43 Å². The van der Waals surface area contributed by atoms with E-state index in [2.05, 4.69) is 0 Å². The maximum absolute atomic E-state index is 12.4. The van der Waals surface area contributed by atoms with Crippen LogP contribution in [0.25, 0.3) is 11.1 Å². The lowest BCUT2D eigenvalue weighted by Crippen LogP contribution is -2.12. The fourth-order valence-corrected chi connectivity index (χ4v) is 3.50. The van der Waals surface area contributed by atoms with Crippen molar-refractivity contribution in [3.8, 4) is 28.4 Å². The Labute approximate surface area is 151 Å². The van der Waals surface area contributed by atoms with Gasteiger partial charge < -0.3 is 19.9 Å². The van der Waals surface area contributed by atoms with E-state index in [4.69, 9.17) is 19.9 Å². The molecule has 0 spiro atoms. The fourth-order valence-electron chi connectivity index (χ4n) is 3.50. The Bertz CT molecular complexity index is 923. The van der Waals surface area contributed by atoms with Gasteiger partial charge in [0.1, 0.15) is 0 Å². The Kier molecular flexibility index (Phi) is 4.95. The van der Waals surface area contributed by atoms with Crippen molar-refractivity contribution in [2.45, 2.75) is 18.9 Å². The minimum atomic E-state index is -0.322. The van der Waals surface area contributed by atoms with Crippen molar-refractivity contribution in [2.24, 2.45) is 5.73 Å². The Hall–Kier alpha value is -2.86. The number of fused-ring (bicyclic) bond motifs is 3. The van der Waals surface area contributed by atoms with Gasteiger partial charge in [0, 0.05) is 11.6 Å².